The number of hydrogen-bond acceptors (Lipinski definition) is 3. The van der Waals surface area contributed by atoms with Gasteiger partial charge in [-0.05, 0) is 24.3 Å². The van der Waals surface area contributed by atoms with Crippen molar-refractivity contribution in [3.63, 3.8) is 0 Å². The maximum Gasteiger partial charge on any atom is 0.417 e. The van der Waals surface area contributed by atoms with Gasteiger partial charge in [0.05, 0.1) is 7.11 Å². The molecule has 78 valence electrons. The van der Waals surface area contributed by atoms with Crippen LogP contribution in [0, 0.1) is 0 Å². The van der Waals surface area contributed by atoms with Gasteiger partial charge in [-0.25, -0.2) is 4.79 Å². The number of hydrogen-bond donors (Lipinski definition) is 0. The predicted octanol–water partition coefficient (Wildman–Crippen LogP) is 2.18. The molecule has 2 aromatic heterocycles. The fourth-order valence-corrected chi connectivity index (χ4v) is 0.874. The second kappa shape index (κ2) is 6.37. The molecule has 0 unspecified atom stereocenters. The van der Waals surface area contributed by atoms with Crippen LogP contribution in [-0.2, 0) is 4.74 Å². The minimum atomic E-state index is -0.361. The van der Waals surface area contributed by atoms with Crippen LogP contribution in [-0.4, -0.2) is 22.8 Å². The lowest BCUT2D eigenvalue weighted by Gasteiger charge is -1.95. The standard InChI is InChI=1S/C6H7NO2.C5H5N/c1-9-6(8)7-4-2-3-5-7;1-2-4-6-5-3-1/h2-5H,1H3;1-5H. The van der Waals surface area contributed by atoms with Crippen LogP contribution in [0.2, 0.25) is 0 Å². The van der Waals surface area contributed by atoms with Crippen molar-refractivity contribution >= 4 is 6.09 Å². The fourth-order valence-electron chi connectivity index (χ4n) is 0.874. The Bertz CT molecular complexity index is 344. The third-order valence-electron chi connectivity index (χ3n) is 1.56. The summed E-state index contributed by atoms with van der Waals surface area (Å²) in [6, 6.07) is 9.24. The molecule has 4 heteroatoms. The summed E-state index contributed by atoms with van der Waals surface area (Å²) in [5.74, 6) is 0. The Hall–Kier alpha value is -2.10. The molecule has 0 amide bonds. The number of nitrogens with zero attached hydrogens (tertiary/aromatic N) is 2. The first-order chi connectivity index (χ1) is 7.34. The molecule has 15 heavy (non-hydrogen) atoms. The Morgan fingerprint density at radius 3 is 2.00 bits per heavy atom. The molecule has 0 saturated carbocycles. The SMILES string of the molecule is COC(=O)n1cccc1.c1ccncc1. The third-order valence-corrected chi connectivity index (χ3v) is 1.56. The van der Waals surface area contributed by atoms with Crippen molar-refractivity contribution in [2.75, 3.05) is 7.11 Å². The number of carbonyl (C=O) groups excluding carboxylic acids is 1. The Morgan fingerprint density at radius 1 is 1.07 bits per heavy atom. The third kappa shape index (κ3) is 4.08. The van der Waals surface area contributed by atoms with Gasteiger partial charge in [-0.15, -0.1) is 0 Å². The van der Waals surface area contributed by atoms with Crippen LogP contribution < -0.4 is 0 Å². The van der Waals surface area contributed by atoms with E-state index in [2.05, 4.69) is 9.72 Å². The molecule has 0 saturated heterocycles. The van der Waals surface area contributed by atoms with Crippen molar-refractivity contribution in [2.45, 2.75) is 0 Å². The molecule has 2 rings (SSSR count). The quantitative estimate of drug-likeness (QED) is 0.660. The number of ether oxygens (including phenoxy) is 1. The van der Waals surface area contributed by atoms with Gasteiger partial charge >= 0.3 is 6.09 Å². The second-order valence-electron chi connectivity index (χ2n) is 2.58. The molecule has 4 nitrogen and oxygen atoms in total. The summed E-state index contributed by atoms with van der Waals surface area (Å²) in [7, 11) is 1.35. The van der Waals surface area contributed by atoms with Crippen molar-refractivity contribution < 1.29 is 9.53 Å². The van der Waals surface area contributed by atoms with Gasteiger partial charge in [-0.2, -0.15) is 0 Å². The van der Waals surface area contributed by atoms with Crippen LogP contribution in [0.25, 0.3) is 0 Å². The molecule has 0 atom stereocenters. The van der Waals surface area contributed by atoms with Gasteiger partial charge in [0.25, 0.3) is 0 Å². The second-order valence-corrected chi connectivity index (χ2v) is 2.58. The zero-order valence-corrected chi connectivity index (χ0v) is 8.41. The molecule has 0 N–H and O–H groups in total. The van der Waals surface area contributed by atoms with Gasteiger partial charge in [0.15, 0.2) is 0 Å². The molecule has 0 radical (unpaired) electrons. The summed E-state index contributed by atoms with van der Waals surface area (Å²) in [6.45, 7) is 0. The van der Waals surface area contributed by atoms with Gasteiger partial charge in [0, 0.05) is 24.8 Å². The molecule has 2 heterocycles. The fraction of sp³-hybridized carbons (Fsp3) is 0.0909. The molecule has 0 fully saturated rings. The van der Waals surface area contributed by atoms with E-state index in [1.54, 1.807) is 36.9 Å². The maximum atomic E-state index is 10.6. The molecule has 2 aromatic rings. The summed E-state index contributed by atoms with van der Waals surface area (Å²) in [5, 5.41) is 0. The van der Waals surface area contributed by atoms with E-state index < -0.39 is 0 Å². The van der Waals surface area contributed by atoms with E-state index in [1.807, 2.05) is 18.2 Å². The summed E-state index contributed by atoms with van der Waals surface area (Å²) in [6.07, 6.45) is 6.40. The number of carbonyl (C=O) groups is 1. The first-order valence-corrected chi connectivity index (χ1v) is 4.41. The minimum Gasteiger partial charge on any atom is -0.452 e. The van der Waals surface area contributed by atoms with Gasteiger partial charge in [0.2, 0.25) is 0 Å². The normalized spacial score (nSPS) is 8.60. The van der Waals surface area contributed by atoms with Gasteiger partial charge in [-0.3, -0.25) is 9.55 Å². The average Bonchev–Trinajstić information content (AvgIpc) is 2.85. The lowest BCUT2D eigenvalue weighted by molar-refractivity contribution is 0.173. The summed E-state index contributed by atoms with van der Waals surface area (Å²) in [5.41, 5.74) is 0. The van der Waals surface area contributed by atoms with Crippen molar-refractivity contribution in [3.8, 4) is 0 Å². The van der Waals surface area contributed by atoms with Crippen LogP contribution in [0.4, 0.5) is 4.79 Å². The largest absolute Gasteiger partial charge is 0.452 e. The van der Waals surface area contributed by atoms with E-state index in [1.165, 1.54) is 11.7 Å². The highest BCUT2D eigenvalue weighted by Crippen LogP contribution is 1.89. The summed E-state index contributed by atoms with van der Waals surface area (Å²) >= 11 is 0. The number of pyridine rings is 1. The van der Waals surface area contributed by atoms with E-state index in [0.29, 0.717) is 0 Å². The number of aromatic nitrogens is 2. The van der Waals surface area contributed by atoms with Gasteiger partial charge in [-0.1, -0.05) is 6.07 Å². The molecular weight excluding hydrogens is 192 g/mol. The smallest absolute Gasteiger partial charge is 0.417 e. The van der Waals surface area contributed by atoms with Crippen molar-refractivity contribution in [2.24, 2.45) is 0 Å². The molecule has 0 aliphatic heterocycles. The summed E-state index contributed by atoms with van der Waals surface area (Å²) in [4.78, 5) is 14.4. The van der Waals surface area contributed by atoms with E-state index in [-0.39, 0.29) is 6.09 Å². The van der Waals surface area contributed by atoms with E-state index in [0.717, 1.165) is 0 Å². The first kappa shape index (κ1) is 11.0. The van der Waals surface area contributed by atoms with Gasteiger partial charge < -0.3 is 4.74 Å². The van der Waals surface area contributed by atoms with Crippen molar-refractivity contribution in [1.29, 1.82) is 0 Å². The predicted molar refractivity (Wildman–Crippen MR) is 56.5 cm³/mol. The lowest BCUT2D eigenvalue weighted by atomic mass is 10.5. The average molecular weight is 204 g/mol. The summed E-state index contributed by atoms with van der Waals surface area (Å²) < 4.78 is 5.78. The van der Waals surface area contributed by atoms with E-state index in [4.69, 9.17) is 0 Å². The molecule has 0 spiro atoms. The first-order valence-electron chi connectivity index (χ1n) is 4.41. The Balaban J connectivity index is 0.000000162. The Kier molecular flexibility index (Phi) is 4.66. The number of methoxy groups -OCH3 is 1. The minimum absolute atomic E-state index is 0.361. The Morgan fingerprint density at radius 2 is 1.67 bits per heavy atom. The molecule has 0 aliphatic rings. The zero-order valence-electron chi connectivity index (χ0n) is 8.41. The van der Waals surface area contributed by atoms with E-state index >= 15 is 0 Å². The molecule has 0 aromatic carbocycles. The van der Waals surface area contributed by atoms with Crippen LogP contribution >= 0.6 is 0 Å². The molecule has 0 bridgehead atoms. The Labute approximate surface area is 88.1 Å². The molecule has 0 aliphatic carbocycles. The highest BCUT2D eigenvalue weighted by atomic mass is 16.5. The monoisotopic (exact) mass is 204 g/mol. The zero-order chi connectivity index (χ0) is 10.9. The molecular formula is C11H12N2O2. The number of rotatable bonds is 0. The van der Waals surface area contributed by atoms with Crippen LogP contribution in [0.15, 0.2) is 55.1 Å². The maximum absolute atomic E-state index is 10.6. The van der Waals surface area contributed by atoms with E-state index in [9.17, 15) is 4.79 Å². The highest BCUT2D eigenvalue weighted by Gasteiger charge is 1.97. The van der Waals surface area contributed by atoms with Gasteiger partial charge in [0.1, 0.15) is 0 Å². The topological polar surface area (TPSA) is 44.1 Å². The van der Waals surface area contributed by atoms with Crippen LogP contribution in [0.3, 0.4) is 0 Å². The van der Waals surface area contributed by atoms with Crippen molar-refractivity contribution in [3.05, 3.63) is 55.1 Å². The van der Waals surface area contributed by atoms with Crippen LogP contribution in [0.1, 0.15) is 0 Å². The van der Waals surface area contributed by atoms with Crippen molar-refractivity contribution in [1.82, 2.24) is 9.55 Å². The lowest BCUT2D eigenvalue weighted by Crippen LogP contribution is -2.07. The van der Waals surface area contributed by atoms with Crippen LogP contribution in [0.5, 0.6) is 0 Å². The highest BCUT2D eigenvalue weighted by molar-refractivity contribution is 5.70.